The molecule has 2 aliphatic rings. The second-order valence-corrected chi connectivity index (χ2v) is 4.93. The monoisotopic (exact) mass is 226 g/mol. The summed E-state index contributed by atoms with van der Waals surface area (Å²) in [7, 11) is 1.92. The van der Waals surface area contributed by atoms with Crippen molar-refractivity contribution < 1.29 is 4.79 Å². The Bertz CT molecular complexity index is 269. The fourth-order valence-electron chi connectivity index (χ4n) is 2.64. The van der Waals surface area contributed by atoms with Crippen molar-refractivity contribution in [2.45, 2.75) is 38.5 Å². The third-order valence-electron chi connectivity index (χ3n) is 3.65. The Labute approximate surface area is 97.2 Å². The van der Waals surface area contributed by atoms with E-state index < -0.39 is 0 Å². The topological polar surface area (TPSA) is 47.6 Å². The summed E-state index contributed by atoms with van der Waals surface area (Å²) in [5, 5.41) is 6.75. The Morgan fingerprint density at radius 2 is 2.19 bits per heavy atom. The standard InChI is InChI=1S/C11H22N4O/c1-8(2)15-5-4-10(16)14(3)9-6-12-7-13-11(9)15/h8-9,11-13H,4-7H2,1-3H3. The van der Waals surface area contributed by atoms with Crippen molar-refractivity contribution >= 4 is 5.91 Å². The molecule has 2 unspecified atom stereocenters. The van der Waals surface area contributed by atoms with Crippen LogP contribution in [0.5, 0.6) is 0 Å². The molecule has 0 aliphatic carbocycles. The molecule has 0 aromatic heterocycles. The summed E-state index contributed by atoms with van der Waals surface area (Å²) in [6, 6.07) is 0.712. The average Bonchev–Trinajstić information content (AvgIpc) is 2.39. The second-order valence-electron chi connectivity index (χ2n) is 4.93. The normalized spacial score (nSPS) is 32.8. The van der Waals surface area contributed by atoms with Gasteiger partial charge in [0.15, 0.2) is 0 Å². The number of fused-ring (bicyclic) bond motifs is 1. The van der Waals surface area contributed by atoms with Crippen LogP contribution in [0, 0.1) is 0 Å². The average molecular weight is 226 g/mol. The van der Waals surface area contributed by atoms with E-state index in [1.54, 1.807) is 0 Å². The van der Waals surface area contributed by atoms with Crippen LogP contribution < -0.4 is 10.6 Å². The minimum atomic E-state index is 0.242. The van der Waals surface area contributed by atoms with Crippen LogP contribution in [0.2, 0.25) is 0 Å². The largest absolute Gasteiger partial charge is 0.339 e. The highest BCUT2D eigenvalue weighted by atomic mass is 16.2. The molecule has 92 valence electrons. The molecule has 2 N–H and O–H groups in total. The molecular weight excluding hydrogens is 204 g/mol. The van der Waals surface area contributed by atoms with E-state index in [1.807, 2.05) is 11.9 Å². The van der Waals surface area contributed by atoms with E-state index >= 15 is 0 Å². The highest BCUT2D eigenvalue weighted by molar-refractivity contribution is 5.76. The van der Waals surface area contributed by atoms with Crippen LogP contribution in [0.3, 0.4) is 0 Å². The highest BCUT2D eigenvalue weighted by Gasteiger charge is 2.38. The van der Waals surface area contributed by atoms with E-state index in [9.17, 15) is 4.79 Å². The molecule has 16 heavy (non-hydrogen) atoms. The summed E-state index contributed by atoms with van der Waals surface area (Å²) in [6.07, 6.45) is 0.918. The minimum absolute atomic E-state index is 0.242. The number of carbonyl (C=O) groups is 1. The number of rotatable bonds is 1. The fraction of sp³-hybridized carbons (Fsp3) is 0.909. The third kappa shape index (κ3) is 2.07. The van der Waals surface area contributed by atoms with Gasteiger partial charge < -0.3 is 10.2 Å². The van der Waals surface area contributed by atoms with E-state index in [-0.39, 0.29) is 18.1 Å². The Balaban J connectivity index is 2.21. The smallest absolute Gasteiger partial charge is 0.223 e. The van der Waals surface area contributed by atoms with Crippen LogP contribution in [0.15, 0.2) is 0 Å². The molecule has 5 nitrogen and oxygen atoms in total. The van der Waals surface area contributed by atoms with Crippen LogP contribution in [0.4, 0.5) is 0 Å². The predicted octanol–water partition coefficient (Wildman–Crippen LogP) is -0.596. The minimum Gasteiger partial charge on any atom is -0.339 e. The summed E-state index contributed by atoms with van der Waals surface area (Å²) < 4.78 is 0. The lowest BCUT2D eigenvalue weighted by Gasteiger charge is -2.43. The van der Waals surface area contributed by atoms with Crippen molar-refractivity contribution in [2.24, 2.45) is 0 Å². The quantitative estimate of drug-likeness (QED) is 0.627. The Morgan fingerprint density at radius 3 is 2.88 bits per heavy atom. The SMILES string of the molecule is CC(C)N1CCC(=O)N(C)C2CNCNC21. The molecule has 0 spiro atoms. The van der Waals surface area contributed by atoms with Crippen molar-refractivity contribution in [1.82, 2.24) is 20.4 Å². The van der Waals surface area contributed by atoms with Gasteiger partial charge in [0.1, 0.15) is 0 Å². The number of carbonyl (C=O) groups excluding carboxylic acids is 1. The molecule has 2 fully saturated rings. The first-order valence-corrected chi connectivity index (χ1v) is 6.06. The van der Waals surface area contributed by atoms with Gasteiger partial charge in [0.25, 0.3) is 0 Å². The van der Waals surface area contributed by atoms with Crippen LogP contribution in [0.1, 0.15) is 20.3 Å². The van der Waals surface area contributed by atoms with Crippen molar-refractivity contribution in [2.75, 3.05) is 26.8 Å². The fourth-order valence-corrected chi connectivity index (χ4v) is 2.64. The molecule has 0 aromatic rings. The van der Waals surface area contributed by atoms with Gasteiger partial charge in [-0.1, -0.05) is 0 Å². The molecule has 1 amide bonds. The van der Waals surface area contributed by atoms with Gasteiger partial charge in [-0.05, 0) is 13.8 Å². The zero-order valence-electron chi connectivity index (χ0n) is 10.4. The van der Waals surface area contributed by atoms with Crippen LogP contribution in [0.25, 0.3) is 0 Å². The maximum absolute atomic E-state index is 11.9. The molecule has 2 saturated heterocycles. The Hall–Kier alpha value is -0.650. The Kier molecular flexibility index (Phi) is 3.47. The molecule has 2 heterocycles. The third-order valence-corrected chi connectivity index (χ3v) is 3.65. The van der Waals surface area contributed by atoms with Gasteiger partial charge in [-0.15, -0.1) is 0 Å². The van der Waals surface area contributed by atoms with Gasteiger partial charge in [0.05, 0.1) is 12.2 Å². The summed E-state index contributed by atoms with van der Waals surface area (Å²) in [4.78, 5) is 16.2. The molecule has 0 aromatic carbocycles. The van der Waals surface area contributed by atoms with E-state index in [0.29, 0.717) is 12.5 Å². The first-order valence-electron chi connectivity index (χ1n) is 6.06. The summed E-state index contributed by atoms with van der Waals surface area (Å²) in [6.45, 7) is 6.94. The molecule has 2 rings (SSSR count). The van der Waals surface area contributed by atoms with Crippen LogP contribution >= 0.6 is 0 Å². The maximum atomic E-state index is 11.9. The first-order chi connectivity index (χ1) is 7.61. The second kappa shape index (κ2) is 4.69. The van der Waals surface area contributed by atoms with Gasteiger partial charge in [-0.25, -0.2) is 0 Å². The van der Waals surface area contributed by atoms with E-state index in [1.165, 1.54) is 0 Å². The van der Waals surface area contributed by atoms with E-state index in [0.717, 1.165) is 19.8 Å². The lowest BCUT2D eigenvalue weighted by atomic mass is 10.1. The molecule has 0 saturated carbocycles. The Morgan fingerprint density at radius 1 is 1.44 bits per heavy atom. The number of hydrogen-bond acceptors (Lipinski definition) is 4. The van der Waals surface area contributed by atoms with Gasteiger partial charge >= 0.3 is 0 Å². The number of amides is 1. The van der Waals surface area contributed by atoms with Crippen molar-refractivity contribution in [3.8, 4) is 0 Å². The van der Waals surface area contributed by atoms with Gasteiger partial charge in [0, 0.05) is 39.3 Å². The van der Waals surface area contributed by atoms with E-state index in [2.05, 4.69) is 29.4 Å². The van der Waals surface area contributed by atoms with Crippen LogP contribution in [-0.2, 0) is 4.79 Å². The van der Waals surface area contributed by atoms with Crippen LogP contribution in [-0.4, -0.2) is 60.8 Å². The predicted molar refractivity (Wildman–Crippen MR) is 62.8 cm³/mol. The zero-order chi connectivity index (χ0) is 11.7. The molecule has 0 radical (unpaired) electrons. The highest BCUT2D eigenvalue weighted by Crippen LogP contribution is 2.18. The number of likely N-dealkylation sites (N-methyl/N-ethyl adjacent to an activating group) is 1. The summed E-state index contributed by atoms with van der Waals surface area (Å²) in [5.41, 5.74) is 0. The molecule has 2 aliphatic heterocycles. The van der Waals surface area contributed by atoms with Crippen molar-refractivity contribution in [3.05, 3.63) is 0 Å². The van der Waals surface area contributed by atoms with Gasteiger partial charge in [0.2, 0.25) is 5.91 Å². The van der Waals surface area contributed by atoms with E-state index in [4.69, 9.17) is 0 Å². The lowest BCUT2D eigenvalue weighted by molar-refractivity contribution is -0.131. The lowest BCUT2D eigenvalue weighted by Crippen LogP contribution is -2.66. The zero-order valence-corrected chi connectivity index (χ0v) is 10.4. The molecule has 2 atom stereocenters. The number of nitrogens with zero attached hydrogens (tertiary/aromatic N) is 2. The molecule has 0 bridgehead atoms. The summed E-state index contributed by atoms with van der Waals surface area (Å²) in [5.74, 6) is 0.253. The number of hydrogen-bond donors (Lipinski definition) is 2. The number of nitrogens with one attached hydrogen (secondary N) is 2. The first kappa shape index (κ1) is 11.8. The van der Waals surface area contributed by atoms with Crippen molar-refractivity contribution in [1.29, 1.82) is 0 Å². The summed E-state index contributed by atoms with van der Waals surface area (Å²) >= 11 is 0. The maximum Gasteiger partial charge on any atom is 0.223 e. The van der Waals surface area contributed by atoms with Crippen molar-refractivity contribution in [3.63, 3.8) is 0 Å². The molecular formula is C11H22N4O. The molecule has 5 heteroatoms. The van der Waals surface area contributed by atoms with Gasteiger partial charge in [-0.3, -0.25) is 15.0 Å². The van der Waals surface area contributed by atoms with Gasteiger partial charge in [-0.2, -0.15) is 0 Å².